The van der Waals surface area contributed by atoms with Gasteiger partial charge in [0, 0.05) is 29.3 Å². The lowest BCUT2D eigenvalue weighted by molar-refractivity contribution is 0.102. The van der Waals surface area contributed by atoms with Crippen LogP contribution in [0.15, 0.2) is 54.7 Å². The quantitative estimate of drug-likeness (QED) is 0.661. The van der Waals surface area contributed by atoms with E-state index in [1.807, 2.05) is 0 Å². The van der Waals surface area contributed by atoms with Crippen molar-refractivity contribution in [3.05, 3.63) is 82.9 Å². The van der Waals surface area contributed by atoms with Crippen LogP contribution in [0.2, 0.25) is 5.02 Å². The zero-order chi connectivity index (χ0) is 18.7. The van der Waals surface area contributed by atoms with Gasteiger partial charge >= 0.3 is 0 Å². The number of aromatic nitrogens is 1. The molecule has 1 heterocycles. The van der Waals surface area contributed by atoms with E-state index in [1.54, 1.807) is 6.07 Å². The van der Waals surface area contributed by atoms with Crippen molar-refractivity contribution in [1.82, 2.24) is 4.98 Å². The summed E-state index contributed by atoms with van der Waals surface area (Å²) in [5, 5.41) is 5.35. The molecule has 0 unspecified atom stereocenters. The smallest absolute Gasteiger partial charge is 0.274 e. The Kier molecular flexibility index (Phi) is 5.09. The fourth-order valence-electron chi connectivity index (χ4n) is 2.14. The monoisotopic (exact) mass is 377 g/mol. The van der Waals surface area contributed by atoms with Crippen molar-refractivity contribution in [3.63, 3.8) is 0 Å². The van der Waals surface area contributed by atoms with Crippen molar-refractivity contribution < 1.29 is 18.0 Å². The van der Waals surface area contributed by atoms with Crippen LogP contribution >= 0.6 is 11.6 Å². The Morgan fingerprint density at radius 3 is 2.27 bits per heavy atom. The Morgan fingerprint density at radius 2 is 1.54 bits per heavy atom. The molecule has 1 aromatic heterocycles. The second kappa shape index (κ2) is 7.45. The number of carbonyl (C=O) groups excluding carboxylic acids is 1. The molecular weight excluding hydrogens is 367 g/mol. The van der Waals surface area contributed by atoms with Gasteiger partial charge in [-0.25, -0.2) is 13.2 Å². The van der Waals surface area contributed by atoms with Crippen molar-refractivity contribution in [2.75, 3.05) is 10.6 Å². The standard InChI is InChI=1S/C18H11ClF3N3O/c19-13-7-10(1-3-14(13)20)24-12-5-6-23-17(9-12)18(26)25-11-2-4-15(21)16(22)8-11/h1-9H,(H,23,24)(H,25,26). The highest BCUT2D eigenvalue weighted by molar-refractivity contribution is 6.31. The number of rotatable bonds is 4. The SMILES string of the molecule is O=C(Nc1ccc(F)c(F)c1)c1cc(Nc2ccc(F)c(Cl)c2)ccn1. The number of carbonyl (C=O) groups is 1. The average Bonchev–Trinajstić information content (AvgIpc) is 2.61. The van der Waals surface area contributed by atoms with Crippen LogP contribution in [-0.2, 0) is 0 Å². The molecule has 132 valence electrons. The third-order valence-electron chi connectivity index (χ3n) is 3.38. The maximum atomic E-state index is 13.2. The lowest BCUT2D eigenvalue weighted by Gasteiger charge is -2.09. The molecule has 4 nitrogen and oxygen atoms in total. The minimum atomic E-state index is -1.07. The van der Waals surface area contributed by atoms with E-state index in [-0.39, 0.29) is 16.4 Å². The van der Waals surface area contributed by atoms with Gasteiger partial charge in [-0.3, -0.25) is 9.78 Å². The number of hydrogen-bond donors (Lipinski definition) is 2. The molecule has 0 aliphatic rings. The van der Waals surface area contributed by atoms with Gasteiger partial charge in [-0.15, -0.1) is 0 Å². The van der Waals surface area contributed by atoms with Gasteiger partial charge in [0.1, 0.15) is 11.5 Å². The molecule has 0 spiro atoms. The van der Waals surface area contributed by atoms with Crippen molar-refractivity contribution in [2.45, 2.75) is 0 Å². The second-order valence-electron chi connectivity index (χ2n) is 5.27. The number of nitrogens with one attached hydrogen (secondary N) is 2. The number of amides is 1. The first-order chi connectivity index (χ1) is 12.4. The zero-order valence-electron chi connectivity index (χ0n) is 13.1. The minimum absolute atomic E-state index is 0.0413. The number of nitrogens with zero attached hydrogens (tertiary/aromatic N) is 1. The first kappa shape index (κ1) is 17.8. The molecule has 26 heavy (non-hydrogen) atoms. The predicted molar refractivity (Wildman–Crippen MR) is 93.2 cm³/mol. The predicted octanol–water partition coefficient (Wildman–Crippen LogP) is 5.15. The van der Waals surface area contributed by atoms with Crippen molar-refractivity contribution in [2.24, 2.45) is 0 Å². The number of benzene rings is 2. The molecule has 0 saturated heterocycles. The highest BCUT2D eigenvalue weighted by Crippen LogP contribution is 2.23. The van der Waals surface area contributed by atoms with E-state index in [2.05, 4.69) is 15.6 Å². The third kappa shape index (κ3) is 4.12. The molecule has 0 aliphatic heterocycles. The van der Waals surface area contributed by atoms with Crippen LogP contribution in [0.25, 0.3) is 0 Å². The number of anilines is 3. The number of halogens is 4. The average molecular weight is 378 g/mol. The van der Waals surface area contributed by atoms with E-state index in [0.29, 0.717) is 11.4 Å². The van der Waals surface area contributed by atoms with Crippen LogP contribution in [0.5, 0.6) is 0 Å². The van der Waals surface area contributed by atoms with Crippen LogP contribution in [-0.4, -0.2) is 10.9 Å². The number of hydrogen-bond acceptors (Lipinski definition) is 3. The van der Waals surface area contributed by atoms with E-state index >= 15 is 0 Å². The Morgan fingerprint density at radius 1 is 0.846 bits per heavy atom. The second-order valence-corrected chi connectivity index (χ2v) is 5.67. The molecule has 3 aromatic rings. The maximum Gasteiger partial charge on any atom is 0.274 e. The van der Waals surface area contributed by atoms with Gasteiger partial charge in [-0.1, -0.05) is 11.6 Å². The van der Waals surface area contributed by atoms with Crippen molar-refractivity contribution >= 4 is 34.6 Å². The lowest BCUT2D eigenvalue weighted by atomic mass is 10.2. The molecule has 8 heteroatoms. The van der Waals surface area contributed by atoms with Gasteiger partial charge in [0.05, 0.1) is 5.02 Å². The van der Waals surface area contributed by atoms with Gasteiger partial charge in [0.2, 0.25) is 0 Å². The largest absolute Gasteiger partial charge is 0.355 e. The van der Waals surface area contributed by atoms with Crippen molar-refractivity contribution in [3.8, 4) is 0 Å². The topological polar surface area (TPSA) is 54.0 Å². The molecular formula is C18H11ClF3N3O. The van der Waals surface area contributed by atoms with Crippen LogP contribution < -0.4 is 10.6 Å². The van der Waals surface area contributed by atoms with E-state index in [0.717, 1.165) is 12.1 Å². The summed E-state index contributed by atoms with van der Waals surface area (Å²) in [6, 6.07) is 10.2. The molecule has 2 N–H and O–H groups in total. The molecule has 3 rings (SSSR count). The Bertz CT molecular complexity index is 982. The lowest BCUT2D eigenvalue weighted by Crippen LogP contribution is -2.14. The molecule has 0 saturated carbocycles. The van der Waals surface area contributed by atoms with Gasteiger partial charge in [0.25, 0.3) is 5.91 Å². The molecule has 0 aliphatic carbocycles. The molecule has 0 fully saturated rings. The number of pyridine rings is 1. The third-order valence-corrected chi connectivity index (χ3v) is 3.67. The zero-order valence-corrected chi connectivity index (χ0v) is 13.8. The fourth-order valence-corrected chi connectivity index (χ4v) is 2.32. The van der Waals surface area contributed by atoms with E-state index in [9.17, 15) is 18.0 Å². The van der Waals surface area contributed by atoms with E-state index in [1.165, 1.54) is 36.5 Å². The molecule has 1 amide bonds. The summed E-state index contributed by atoms with van der Waals surface area (Å²) in [7, 11) is 0. The first-order valence-corrected chi connectivity index (χ1v) is 7.75. The van der Waals surface area contributed by atoms with Gasteiger partial charge in [-0.05, 0) is 42.5 Å². The first-order valence-electron chi connectivity index (χ1n) is 7.37. The van der Waals surface area contributed by atoms with Crippen molar-refractivity contribution in [1.29, 1.82) is 0 Å². The van der Waals surface area contributed by atoms with E-state index < -0.39 is 23.4 Å². The highest BCUT2D eigenvalue weighted by Gasteiger charge is 2.11. The summed E-state index contributed by atoms with van der Waals surface area (Å²) in [5.41, 5.74) is 1.18. The van der Waals surface area contributed by atoms with Crippen LogP contribution in [0.4, 0.5) is 30.2 Å². The normalized spacial score (nSPS) is 10.5. The van der Waals surface area contributed by atoms with Crippen LogP contribution in [0.3, 0.4) is 0 Å². The summed E-state index contributed by atoms with van der Waals surface area (Å²) in [6.45, 7) is 0. The summed E-state index contributed by atoms with van der Waals surface area (Å²) >= 11 is 5.73. The summed E-state index contributed by atoms with van der Waals surface area (Å²) in [5.74, 6) is -3.22. The van der Waals surface area contributed by atoms with Gasteiger partial charge < -0.3 is 10.6 Å². The maximum absolute atomic E-state index is 13.2. The molecule has 2 aromatic carbocycles. The Balaban J connectivity index is 1.76. The Hall–Kier alpha value is -3.06. The highest BCUT2D eigenvalue weighted by atomic mass is 35.5. The van der Waals surface area contributed by atoms with Crippen LogP contribution in [0, 0.1) is 17.5 Å². The van der Waals surface area contributed by atoms with Crippen LogP contribution in [0.1, 0.15) is 10.5 Å². The summed E-state index contributed by atoms with van der Waals surface area (Å²) in [4.78, 5) is 16.2. The minimum Gasteiger partial charge on any atom is -0.355 e. The van der Waals surface area contributed by atoms with Gasteiger partial charge in [0.15, 0.2) is 11.6 Å². The Labute approximate surface area is 151 Å². The fraction of sp³-hybridized carbons (Fsp3) is 0. The summed E-state index contributed by atoms with van der Waals surface area (Å²) < 4.78 is 39.3. The molecule has 0 atom stereocenters. The van der Waals surface area contributed by atoms with Gasteiger partial charge in [-0.2, -0.15) is 0 Å². The summed E-state index contributed by atoms with van der Waals surface area (Å²) in [6.07, 6.45) is 1.40. The molecule has 0 radical (unpaired) electrons. The molecule has 0 bridgehead atoms. The van der Waals surface area contributed by atoms with E-state index in [4.69, 9.17) is 11.6 Å².